The van der Waals surface area contributed by atoms with Crippen molar-refractivity contribution >= 4 is 5.78 Å². The predicted octanol–water partition coefficient (Wildman–Crippen LogP) is 3.17. The highest BCUT2D eigenvalue weighted by atomic mass is 16.5. The van der Waals surface area contributed by atoms with Crippen molar-refractivity contribution in [2.75, 3.05) is 7.11 Å². The maximum Gasteiger partial charge on any atom is 0.126 e. The van der Waals surface area contributed by atoms with Crippen LogP contribution in [0.4, 0.5) is 0 Å². The fourth-order valence-corrected chi connectivity index (χ4v) is 0.952. The molecule has 2 heteroatoms. The van der Waals surface area contributed by atoms with E-state index in [1.807, 2.05) is 30.3 Å². The minimum atomic E-state index is 0.167. The predicted molar refractivity (Wildman–Crippen MR) is 66.8 cm³/mol. The van der Waals surface area contributed by atoms with Crippen LogP contribution in [-0.4, -0.2) is 12.9 Å². The molecule has 0 radical (unpaired) electrons. The number of Topliss-reactive ketones (excluding diaryl/α,β-unsaturated/α-hetero) is 1. The van der Waals surface area contributed by atoms with Gasteiger partial charge in [-0.05, 0) is 44.0 Å². The zero-order valence-electron chi connectivity index (χ0n) is 10.1. The molecule has 0 aliphatic carbocycles. The van der Waals surface area contributed by atoms with Crippen LogP contribution < -0.4 is 4.74 Å². The van der Waals surface area contributed by atoms with Gasteiger partial charge in [-0.25, -0.2) is 0 Å². The maximum absolute atomic E-state index is 9.44. The lowest BCUT2D eigenvalue weighted by atomic mass is 10.1. The Morgan fingerprint density at radius 3 is 2.25 bits per heavy atom. The largest absolute Gasteiger partial charge is 0.497 e. The molecule has 0 fully saturated rings. The van der Waals surface area contributed by atoms with Crippen molar-refractivity contribution in [1.29, 1.82) is 0 Å². The monoisotopic (exact) mass is 218 g/mol. The minimum absolute atomic E-state index is 0.167. The summed E-state index contributed by atoms with van der Waals surface area (Å²) in [5, 5.41) is 0. The van der Waals surface area contributed by atoms with E-state index in [0.717, 1.165) is 12.2 Å². The molecule has 0 aliphatic heterocycles. The van der Waals surface area contributed by atoms with E-state index in [1.165, 1.54) is 19.4 Å². The summed E-state index contributed by atoms with van der Waals surface area (Å²) in [6.07, 6.45) is 2.79. The molecule has 16 heavy (non-hydrogen) atoms. The van der Waals surface area contributed by atoms with E-state index in [2.05, 4.69) is 12.3 Å². The number of methoxy groups -OCH3 is 1. The molecule has 0 N–H and O–H groups in total. The van der Waals surface area contributed by atoms with Gasteiger partial charge in [-0.3, -0.25) is 0 Å². The van der Waals surface area contributed by atoms with Crippen LogP contribution in [0.1, 0.15) is 19.4 Å². The number of rotatable bonds is 3. The van der Waals surface area contributed by atoms with Crippen LogP contribution in [0.15, 0.2) is 42.7 Å². The summed E-state index contributed by atoms with van der Waals surface area (Å²) in [4.78, 5) is 9.44. The van der Waals surface area contributed by atoms with Gasteiger partial charge >= 0.3 is 0 Å². The number of carbonyl (C=O) groups excluding carboxylic acids is 1. The lowest BCUT2D eigenvalue weighted by molar-refractivity contribution is -0.114. The smallest absolute Gasteiger partial charge is 0.126 e. The Labute approximate surface area is 97.3 Å². The summed E-state index contributed by atoms with van der Waals surface area (Å²) >= 11 is 0. The quantitative estimate of drug-likeness (QED) is 0.728. The van der Waals surface area contributed by atoms with E-state index in [4.69, 9.17) is 4.74 Å². The van der Waals surface area contributed by atoms with Gasteiger partial charge in [0.05, 0.1) is 7.11 Å². The van der Waals surface area contributed by atoms with Crippen LogP contribution in [0.5, 0.6) is 5.75 Å². The second-order valence-corrected chi connectivity index (χ2v) is 3.37. The third-order valence-electron chi connectivity index (χ3n) is 1.64. The number of ether oxygens (including phenoxy) is 1. The lowest BCUT2D eigenvalue weighted by Gasteiger charge is -1.99. The number of hydrogen-bond donors (Lipinski definition) is 0. The first-order chi connectivity index (χ1) is 7.60. The summed E-state index contributed by atoms with van der Waals surface area (Å²) in [6, 6.07) is 7.97. The van der Waals surface area contributed by atoms with Crippen molar-refractivity contribution in [2.24, 2.45) is 0 Å². The van der Waals surface area contributed by atoms with Gasteiger partial charge in [0, 0.05) is 0 Å². The van der Waals surface area contributed by atoms with Gasteiger partial charge in [-0.1, -0.05) is 18.7 Å². The molecular formula is C14H18O2. The highest BCUT2D eigenvalue weighted by Gasteiger charge is 1.90. The summed E-state index contributed by atoms with van der Waals surface area (Å²) in [7, 11) is 1.67. The van der Waals surface area contributed by atoms with Gasteiger partial charge in [0.1, 0.15) is 11.5 Å². The van der Waals surface area contributed by atoms with Gasteiger partial charge in [0.25, 0.3) is 0 Å². The Morgan fingerprint density at radius 1 is 1.38 bits per heavy atom. The average Bonchev–Trinajstić information content (AvgIpc) is 2.26. The highest BCUT2D eigenvalue weighted by molar-refractivity contribution is 5.72. The molecule has 0 bridgehead atoms. The first-order valence-electron chi connectivity index (χ1n) is 5.04. The van der Waals surface area contributed by atoms with Crippen LogP contribution in [0.25, 0.3) is 0 Å². The Balaban J connectivity index is 0.000000487. The molecule has 0 spiro atoms. The molecule has 0 unspecified atom stereocenters. The van der Waals surface area contributed by atoms with Crippen molar-refractivity contribution in [3.05, 3.63) is 48.2 Å². The molecule has 0 saturated carbocycles. The number of hydrogen-bond acceptors (Lipinski definition) is 2. The molecule has 1 rings (SSSR count). The molecule has 0 aliphatic rings. The maximum atomic E-state index is 9.44. The SMILES string of the molecule is C=C=CCc1ccc(OC)cc1.CC(C)=O. The third kappa shape index (κ3) is 7.60. The summed E-state index contributed by atoms with van der Waals surface area (Å²) in [5.74, 6) is 1.06. The number of benzene rings is 1. The molecule has 0 heterocycles. The number of carbonyl (C=O) groups is 1. The molecule has 1 aromatic carbocycles. The van der Waals surface area contributed by atoms with Crippen molar-refractivity contribution < 1.29 is 9.53 Å². The van der Waals surface area contributed by atoms with Crippen molar-refractivity contribution in [3.63, 3.8) is 0 Å². The van der Waals surface area contributed by atoms with Crippen molar-refractivity contribution in [1.82, 2.24) is 0 Å². The van der Waals surface area contributed by atoms with Gasteiger partial charge in [-0.2, -0.15) is 0 Å². The molecule has 0 saturated heterocycles. The standard InChI is InChI=1S/C11H12O.C3H6O/c1-3-4-5-10-6-8-11(12-2)9-7-10;1-3(2)4/h4,6-9H,1,5H2,2H3;1-2H3. The van der Waals surface area contributed by atoms with Crippen molar-refractivity contribution in [2.45, 2.75) is 20.3 Å². The molecule has 2 nitrogen and oxygen atoms in total. The van der Waals surface area contributed by atoms with Crippen LogP contribution in [0, 0.1) is 0 Å². The molecular weight excluding hydrogens is 200 g/mol. The topological polar surface area (TPSA) is 26.3 Å². The van der Waals surface area contributed by atoms with Crippen molar-refractivity contribution in [3.8, 4) is 5.75 Å². The van der Waals surface area contributed by atoms with E-state index in [1.54, 1.807) is 7.11 Å². The zero-order valence-corrected chi connectivity index (χ0v) is 10.1. The summed E-state index contributed by atoms with van der Waals surface area (Å²) in [6.45, 7) is 6.56. The number of allylic oxidation sites excluding steroid dienone is 1. The van der Waals surface area contributed by atoms with E-state index < -0.39 is 0 Å². The Bertz CT molecular complexity index is 353. The minimum Gasteiger partial charge on any atom is -0.497 e. The first kappa shape index (κ1) is 14.2. The van der Waals surface area contributed by atoms with Gasteiger partial charge < -0.3 is 9.53 Å². The summed E-state index contributed by atoms with van der Waals surface area (Å²) in [5.41, 5.74) is 3.98. The van der Waals surface area contributed by atoms with Gasteiger partial charge in [0.15, 0.2) is 0 Å². The lowest BCUT2D eigenvalue weighted by Crippen LogP contribution is -1.83. The fourth-order valence-electron chi connectivity index (χ4n) is 0.952. The van der Waals surface area contributed by atoms with E-state index in [0.29, 0.717) is 0 Å². The Hall–Kier alpha value is -1.79. The first-order valence-corrected chi connectivity index (χ1v) is 5.04. The fraction of sp³-hybridized carbons (Fsp3) is 0.286. The molecule has 0 atom stereocenters. The molecule has 86 valence electrons. The molecule has 1 aromatic rings. The van der Waals surface area contributed by atoms with Crippen LogP contribution >= 0.6 is 0 Å². The number of ketones is 1. The van der Waals surface area contributed by atoms with Crippen LogP contribution in [-0.2, 0) is 11.2 Å². The van der Waals surface area contributed by atoms with Crippen LogP contribution in [0.2, 0.25) is 0 Å². The second kappa shape index (κ2) is 8.51. The van der Waals surface area contributed by atoms with E-state index in [-0.39, 0.29) is 5.78 Å². The molecule has 0 amide bonds. The van der Waals surface area contributed by atoms with Gasteiger partial charge in [0.2, 0.25) is 0 Å². The van der Waals surface area contributed by atoms with Gasteiger partial charge in [-0.15, -0.1) is 5.73 Å². The highest BCUT2D eigenvalue weighted by Crippen LogP contribution is 2.11. The Kier molecular flexibility index (Phi) is 7.56. The Morgan fingerprint density at radius 2 is 1.88 bits per heavy atom. The van der Waals surface area contributed by atoms with E-state index >= 15 is 0 Å². The third-order valence-corrected chi connectivity index (χ3v) is 1.64. The average molecular weight is 218 g/mol. The zero-order chi connectivity index (χ0) is 12.4. The van der Waals surface area contributed by atoms with Crippen LogP contribution in [0.3, 0.4) is 0 Å². The summed E-state index contributed by atoms with van der Waals surface area (Å²) < 4.78 is 5.04. The van der Waals surface area contributed by atoms with E-state index in [9.17, 15) is 4.79 Å². The second-order valence-electron chi connectivity index (χ2n) is 3.37. The molecule has 0 aromatic heterocycles. The normalized spacial score (nSPS) is 8.19.